The van der Waals surface area contributed by atoms with Gasteiger partial charge in [-0.15, -0.1) is 0 Å². The predicted molar refractivity (Wildman–Crippen MR) is 99.5 cm³/mol. The molecule has 0 aromatic heterocycles. The quantitative estimate of drug-likeness (QED) is 0.566. The molecule has 0 heteroatoms. The van der Waals surface area contributed by atoms with Crippen LogP contribution < -0.4 is 0 Å². The second-order valence-corrected chi connectivity index (χ2v) is 10.7. The third-order valence-electron chi connectivity index (χ3n) is 4.21. The topological polar surface area (TPSA) is 0 Å². The Morgan fingerprint density at radius 2 is 1.18 bits per heavy atom. The molecule has 0 spiro atoms. The van der Waals surface area contributed by atoms with Crippen molar-refractivity contribution in [1.82, 2.24) is 0 Å². The Labute approximate surface area is 139 Å². The van der Waals surface area contributed by atoms with Gasteiger partial charge in [-0.25, -0.2) is 0 Å². The van der Waals surface area contributed by atoms with Gasteiger partial charge in [0.2, 0.25) is 0 Å². The largest absolute Gasteiger partial charge is 0.0613 e. The predicted octanol–water partition coefficient (Wildman–Crippen LogP) is 6.91. The van der Waals surface area contributed by atoms with Crippen molar-refractivity contribution >= 4 is 0 Å². The van der Waals surface area contributed by atoms with Gasteiger partial charge in [0.15, 0.2) is 0 Å². The Bertz CT molecular complexity index is 443. The Morgan fingerprint density at radius 1 is 0.727 bits per heavy atom. The minimum absolute atomic E-state index is 0.143. The van der Waals surface area contributed by atoms with Crippen LogP contribution in [0, 0.1) is 16.9 Å². The summed E-state index contributed by atoms with van der Waals surface area (Å²) in [6, 6.07) is 10.1. The van der Waals surface area contributed by atoms with Gasteiger partial charge in [0.25, 0.3) is 0 Å². The van der Waals surface area contributed by atoms with E-state index in [2.05, 4.69) is 93.5 Å². The molecule has 0 amide bonds. The number of rotatable bonds is 4. The van der Waals surface area contributed by atoms with Crippen LogP contribution in [0.1, 0.15) is 93.2 Å². The smallest absolute Gasteiger partial charge is 0.00895 e. The van der Waals surface area contributed by atoms with E-state index < -0.39 is 0 Å². The molecule has 0 aliphatic carbocycles. The number of hydrogen-bond donors (Lipinski definition) is 0. The Kier molecular flexibility index (Phi) is 5.27. The van der Waals surface area contributed by atoms with Crippen molar-refractivity contribution < 1.29 is 0 Å². The highest BCUT2D eigenvalue weighted by Gasteiger charge is 2.35. The maximum Gasteiger partial charge on any atom is -0.00895 e. The third kappa shape index (κ3) is 5.45. The van der Waals surface area contributed by atoms with Gasteiger partial charge in [-0.3, -0.25) is 0 Å². The van der Waals surface area contributed by atoms with E-state index in [0.29, 0.717) is 10.8 Å². The lowest BCUT2D eigenvalue weighted by atomic mass is 9.65. The van der Waals surface area contributed by atoms with Crippen LogP contribution >= 0.6 is 0 Å². The molecule has 0 atom stereocenters. The molecule has 0 aliphatic heterocycles. The van der Waals surface area contributed by atoms with Crippen molar-refractivity contribution in [2.45, 2.75) is 92.9 Å². The van der Waals surface area contributed by atoms with E-state index in [1.54, 1.807) is 0 Å². The van der Waals surface area contributed by atoms with E-state index in [-0.39, 0.29) is 10.8 Å². The average Bonchev–Trinajstić information content (AvgIpc) is 2.22. The summed E-state index contributed by atoms with van der Waals surface area (Å²) >= 11 is 0. The number of hydrogen-bond acceptors (Lipinski definition) is 0. The molecule has 0 unspecified atom stereocenters. The molecule has 125 valence electrons. The Hall–Kier alpha value is -0.780. The second kappa shape index (κ2) is 6.02. The highest BCUT2D eigenvalue weighted by molar-refractivity contribution is 5.38. The first-order valence-corrected chi connectivity index (χ1v) is 8.66. The van der Waals surface area contributed by atoms with E-state index >= 15 is 0 Å². The van der Waals surface area contributed by atoms with E-state index in [9.17, 15) is 0 Å². The van der Waals surface area contributed by atoms with Crippen molar-refractivity contribution in [3.63, 3.8) is 0 Å². The normalized spacial score (nSPS) is 14.3. The van der Waals surface area contributed by atoms with Crippen molar-refractivity contribution in [1.29, 1.82) is 0 Å². The standard InChI is InChI=1S/C22H37/c1-19(2,3)15-21(7,8)17-13-11-12-14-18(17)22(9,10)16-20(4,5)6/h11-13H,15-16H2,1-10H3. The summed E-state index contributed by atoms with van der Waals surface area (Å²) < 4.78 is 0. The Morgan fingerprint density at radius 3 is 1.64 bits per heavy atom. The molecule has 0 N–H and O–H groups in total. The maximum absolute atomic E-state index is 3.59. The molecular formula is C22H37. The molecule has 1 rings (SSSR count). The van der Waals surface area contributed by atoms with Crippen LogP contribution in [0.25, 0.3) is 0 Å². The van der Waals surface area contributed by atoms with Crippen molar-refractivity contribution in [2.75, 3.05) is 0 Å². The van der Waals surface area contributed by atoms with Crippen molar-refractivity contribution in [2.24, 2.45) is 10.8 Å². The first kappa shape index (κ1) is 19.3. The van der Waals surface area contributed by atoms with E-state index in [4.69, 9.17) is 0 Å². The van der Waals surface area contributed by atoms with E-state index in [0.717, 1.165) is 0 Å². The molecule has 0 aliphatic rings. The third-order valence-corrected chi connectivity index (χ3v) is 4.21. The van der Waals surface area contributed by atoms with Crippen molar-refractivity contribution in [3.8, 4) is 0 Å². The van der Waals surface area contributed by atoms with Gasteiger partial charge in [0, 0.05) is 0 Å². The summed E-state index contributed by atoms with van der Waals surface area (Å²) in [7, 11) is 0. The fourth-order valence-electron chi connectivity index (χ4n) is 4.40. The van der Waals surface area contributed by atoms with E-state index in [1.165, 1.54) is 24.0 Å². The molecule has 0 bridgehead atoms. The van der Waals surface area contributed by atoms with Crippen LogP contribution in [0.2, 0.25) is 0 Å². The summed E-state index contributed by atoms with van der Waals surface area (Å²) in [6.07, 6.45) is 2.34. The van der Waals surface area contributed by atoms with Crippen LogP contribution in [0.15, 0.2) is 18.2 Å². The lowest BCUT2D eigenvalue weighted by Gasteiger charge is -2.40. The number of benzene rings is 1. The lowest BCUT2D eigenvalue weighted by Crippen LogP contribution is -2.32. The van der Waals surface area contributed by atoms with Crippen LogP contribution in [-0.2, 0) is 10.8 Å². The van der Waals surface area contributed by atoms with Gasteiger partial charge < -0.3 is 0 Å². The molecule has 0 nitrogen and oxygen atoms in total. The van der Waals surface area contributed by atoms with Gasteiger partial charge in [0.05, 0.1) is 0 Å². The highest BCUT2D eigenvalue weighted by Crippen LogP contribution is 2.43. The summed E-state index contributed by atoms with van der Waals surface area (Å²) in [4.78, 5) is 0. The molecule has 0 fully saturated rings. The van der Waals surface area contributed by atoms with Crippen LogP contribution in [0.3, 0.4) is 0 Å². The second-order valence-electron chi connectivity index (χ2n) is 10.7. The van der Waals surface area contributed by atoms with Crippen LogP contribution in [-0.4, -0.2) is 0 Å². The van der Waals surface area contributed by atoms with Gasteiger partial charge in [-0.1, -0.05) is 87.4 Å². The van der Waals surface area contributed by atoms with Gasteiger partial charge in [-0.05, 0) is 51.7 Å². The van der Waals surface area contributed by atoms with Crippen LogP contribution in [0.5, 0.6) is 0 Å². The summed E-state index contributed by atoms with van der Waals surface area (Å²) in [6.45, 7) is 23.5. The first-order chi connectivity index (χ1) is 9.64. The molecule has 1 aromatic rings. The Balaban J connectivity index is 3.30. The molecular weight excluding hydrogens is 264 g/mol. The maximum atomic E-state index is 3.59. The molecule has 1 radical (unpaired) electrons. The minimum atomic E-state index is 0.143. The zero-order valence-corrected chi connectivity index (χ0v) is 16.6. The van der Waals surface area contributed by atoms with Crippen LogP contribution in [0.4, 0.5) is 0 Å². The van der Waals surface area contributed by atoms with Crippen molar-refractivity contribution in [3.05, 3.63) is 35.4 Å². The molecule has 1 aromatic carbocycles. The molecule has 0 saturated heterocycles. The monoisotopic (exact) mass is 301 g/mol. The SMILES string of the molecule is CC(C)(C)CC(C)(C)c1[c]cccc1C(C)(C)CC(C)(C)C. The van der Waals surface area contributed by atoms with Gasteiger partial charge >= 0.3 is 0 Å². The molecule has 0 heterocycles. The fourth-order valence-corrected chi connectivity index (χ4v) is 4.40. The zero-order valence-electron chi connectivity index (χ0n) is 16.6. The fraction of sp³-hybridized carbons (Fsp3) is 0.727. The summed E-state index contributed by atoms with van der Waals surface area (Å²) in [5, 5.41) is 0. The zero-order chi connectivity index (χ0) is 17.4. The van der Waals surface area contributed by atoms with Gasteiger partial charge in [0.1, 0.15) is 0 Å². The first-order valence-electron chi connectivity index (χ1n) is 8.66. The summed E-state index contributed by atoms with van der Waals surface area (Å²) in [5.41, 5.74) is 3.83. The van der Waals surface area contributed by atoms with Gasteiger partial charge in [-0.2, -0.15) is 0 Å². The summed E-state index contributed by atoms with van der Waals surface area (Å²) in [5.74, 6) is 0. The highest BCUT2D eigenvalue weighted by atomic mass is 14.4. The lowest BCUT2D eigenvalue weighted by molar-refractivity contribution is 0.264. The molecule has 0 saturated carbocycles. The minimum Gasteiger partial charge on any atom is -0.0613 e. The average molecular weight is 302 g/mol. The molecule has 22 heavy (non-hydrogen) atoms. The van der Waals surface area contributed by atoms with E-state index in [1.807, 2.05) is 0 Å².